The fourth-order valence-corrected chi connectivity index (χ4v) is 5.18. The molecule has 184 valence electrons. The van der Waals surface area contributed by atoms with Crippen LogP contribution in [0.2, 0.25) is 0 Å². The monoisotopic (exact) mass is 492 g/mol. The minimum Gasteiger partial charge on any atom is -0.305 e. The first-order valence-corrected chi connectivity index (χ1v) is 13.0. The van der Waals surface area contributed by atoms with Gasteiger partial charge in [-0.05, 0) is 28.3 Å². The first-order chi connectivity index (χ1) is 18.8. The quantitative estimate of drug-likeness (QED) is 0.244. The van der Waals surface area contributed by atoms with E-state index < -0.39 is 6.04 Å². The fraction of sp³-hybridized carbons (Fsp3) is 0.0857. The number of fused-ring (bicyclic) bond motifs is 1. The van der Waals surface area contributed by atoms with Gasteiger partial charge in [-0.2, -0.15) is 0 Å². The Morgan fingerprint density at radius 1 is 0.579 bits per heavy atom. The van der Waals surface area contributed by atoms with Gasteiger partial charge >= 0.3 is 0 Å². The van der Waals surface area contributed by atoms with Gasteiger partial charge < -0.3 is 4.90 Å². The summed E-state index contributed by atoms with van der Waals surface area (Å²) >= 11 is 0. The molecular formula is C35H28N2O. The Bertz CT molecular complexity index is 1580. The van der Waals surface area contributed by atoms with Gasteiger partial charge in [0.1, 0.15) is 6.04 Å². The van der Waals surface area contributed by atoms with E-state index >= 15 is 0 Å². The molecule has 0 saturated carbocycles. The molecular weight excluding hydrogens is 464 g/mol. The van der Waals surface area contributed by atoms with E-state index in [1.54, 1.807) is 0 Å². The summed E-state index contributed by atoms with van der Waals surface area (Å²) in [5.41, 5.74) is 8.19. The molecule has 38 heavy (non-hydrogen) atoms. The zero-order valence-electron chi connectivity index (χ0n) is 21.1. The van der Waals surface area contributed by atoms with E-state index in [9.17, 15) is 4.79 Å². The predicted molar refractivity (Wildman–Crippen MR) is 156 cm³/mol. The summed E-state index contributed by atoms with van der Waals surface area (Å²) in [7, 11) is 0. The number of nitrogens with zero attached hydrogens (tertiary/aromatic N) is 2. The Kier molecular flexibility index (Phi) is 6.65. The van der Waals surface area contributed by atoms with Crippen LogP contribution >= 0.6 is 0 Å². The highest BCUT2D eigenvalue weighted by atomic mass is 16.2. The van der Waals surface area contributed by atoms with Crippen LogP contribution in [0.25, 0.3) is 11.1 Å². The van der Waals surface area contributed by atoms with Crippen molar-refractivity contribution >= 4 is 17.3 Å². The number of benzodiazepines with no additional fused rings is 1. The number of benzene rings is 5. The number of anilines is 1. The summed E-state index contributed by atoms with van der Waals surface area (Å²) in [6.45, 7) is 0.462. The van der Waals surface area contributed by atoms with Gasteiger partial charge in [0, 0.05) is 17.5 Å². The minimum atomic E-state index is -0.538. The maximum atomic E-state index is 14.4. The second-order valence-corrected chi connectivity index (χ2v) is 9.51. The van der Waals surface area contributed by atoms with Gasteiger partial charge in [-0.3, -0.25) is 9.79 Å². The van der Waals surface area contributed by atoms with E-state index in [1.165, 1.54) is 0 Å². The van der Waals surface area contributed by atoms with E-state index in [-0.39, 0.29) is 5.91 Å². The molecule has 0 fully saturated rings. The van der Waals surface area contributed by atoms with Gasteiger partial charge in [-0.1, -0.05) is 133 Å². The van der Waals surface area contributed by atoms with Crippen LogP contribution in [-0.2, 0) is 17.8 Å². The molecule has 0 bridgehead atoms. The maximum Gasteiger partial charge on any atom is 0.252 e. The molecule has 1 amide bonds. The maximum absolute atomic E-state index is 14.4. The van der Waals surface area contributed by atoms with Crippen LogP contribution in [0.1, 0.15) is 22.3 Å². The lowest BCUT2D eigenvalue weighted by Crippen LogP contribution is -2.38. The Morgan fingerprint density at radius 3 is 1.84 bits per heavy atom. The molecule has 0 radical (unpaired) electrons. The lowest BCUT2D eigenvalue weighted by Gasteiger charge is -2.26. The van der Waals surface area contributed by atoms with Gasteiger partial charge in [0.05, 0.1) is 17.9 Å². The van der Waals surface area contributed by atoms with Crippen molar-refractivity contribution in [2.75, 3.05) is 4.90 Å². The zero-order valence-corrected chi connectivity index (χ0v) is 21.1. The molecule has 0 unspecified atom stereocenters. The van der Waals surface area contributed by atoms with Gasteiger partial charge in [-0.15, -0.1) is 0 Å². The van der Waals surface area contributed by atoms with Gasteiger partial charge in [-0.25, -0.2) is 0 Å². The van der Waals surface area contributed by atoms with E-state index in [0.29, 0.717) is 13.0 Å². The van der Waals surface area contributed by atoms with Crippen LogP contribution in [0.5, 0.6) is 0 Å². The van der Waals surface area contributed by atoms with Crippen molar-refractivity contribution in [3.8, 4) is 11.1 Å². The van der Waals surface area contributed by atoms with Crippen molar-refractivity contribution in [1.29, 1.82) is 0 Å². The number of carbonyl (C=O) groups is 1. The Hall–Kier alpha value is -4.76. The number of amides is 1. The smallest absolute Gasteiger partial charge is 0.252 e. The van der Waals surface area contributed by atoms with Crippen LogP contribution in [0.15, 0.2) is 145 Å². The van der Waals surface area contributed by atoms with E-state index in [2.05, 4.69) is 60.7 Å². The number of rotatable bonds is 6. The lowest BCUT2D eigenvalue weighted by atomic mass is 9.98. The van der Waals surface area contributed by atoms with Crippen molar-refractivity contribution < 1.29 is 4.79 Å². The lowest BCUT2D eigenvalue weighted by molar-refractivity contribution is -0.119. The zero-order chi connectivity index (χ0) is 25.7. The van der Waals surface area contributed by atoms with E-state index in [1.807, 2.05) is 83.8 Å². The van der Waals surface area contributed by atoms with Gasteiger partial charge in [0.25, 0.3) is 5.91 Å². The molecule has 1 heterocycles. The summed E-state index contributed by atoms with van der Waals surface area (Å²) in [6.07, 6.45) is 0.542. The average Bonchev–Trinajstić information content (AvgIpc) is 3.10. The van der Waals surface area contributed by atoms with Crippen molar-refractivity contribution in [3.63, 3.8) is 0 Å². The molecule has 0 saturated heterocycles. The molecule has 0 aromatic heterocycles. The molecule has 0 aliphatic carbocycles. The molecule has 6 rings (SSSR count). The van der Waals surface area contributed by atoms with Crippen LogP contribution in [0.4, 0.5) is 5.69 Å². The number of hydrogen-bond acceptors (Lipinski definition) is 2. The summed E-state index contributed by atoms with van der Waals surface area (Å²) < 4.78 is 0. The van der Waals surface area contributed by atoms with E-state index in [0.717, 1.165) is 44.8 Å². The standard InChI is InChI=1S/C35H28N2O/c38-35-32(24-26-14-4-1-5-15-26)36-34(28-18-8-3-9-19-28)31-22-12-13-23-33(31)37(35)25-29-20-10-11-21-30(29)27-16-6-2-7-17-27/h1-23,32H,24-25H2/t32-/m0/s1. The molecule has 3 nitrogen and oxygen atoms in total. The number of aliphatic imine (C=N–C) groups is 1. The van der Waals surface area contributed by atoms with Crippen molar-refractivity contribution in [1.82, 2.24) is 0 Å². The normalized spacial score (nSPS) is 14.9. The highest BCUT2D eigenvalue weighted by Gasteiger charge is 2.32. The summed E-state index contributed by atoms with van der Waals surface area (Å²) in [5, 5.41) is 0. The Labute approximate surface area is 223 Å². The van der Waals surface area contributed by atoms with Crippen molar-refractivity contribution in [2.24, 2.45) is 4.99 Å². The molecule has 0 N–H and O–H groups in total. The van der Waals surface area contributed by atoms with E-state index in [4.69, 9.17) is 4.99 Å². The van der Waals surface area contributed by atoms with Crippen molar-refractivity contribution in [3.05, 3.63) is 162 Å². The fourth-order valence-electron chi connectivity index (χ4n) is 5.18. The molecule has 0 spiro atoms. The third kappa shape index (κ3) is 4.79. The van der Waals surface area contributed by atoms with Crippen LogP contribution in [0, 0.1) is 0 Å². The van der Waals surface area contributed by atoms with Gasteiger partial charge in [0.2, 0.25) is 0 Å². The SMILES string of the molecule is O=C1[C@H](Cc2ccccc2)N=C(c2ccccc2)c2ccccc2N1Cc1ccccc1-c1ccccc1. The third-order valence-corrected chi connectivity index (χ3v) is 7.04. The first kappa shape index (κ1) is 23.6. The summed E-state index contributed by atoms with van der Waals surface area (Å²) in [4.78, 5) is 21.5. The van der Waals surface area contributed by atoms with Crippen LogP contribution in [-0.4, -0.2) is 17.7 Å². The highest BCUT2D eigenvalue weighted by Crippen LogP contribution is 2.33. The summed E-state index contributed by atoms with van der Waals surface area (Å²) in [6, 6.07) is 46.7. The average molecular weight is 493 g/mol. The molecule has 1 atom stereocenters. The molecule has 1 aliphatic heterocycles. The number of para-hydroxylation sites is 1. The second-order valence-electron chi connectivity index (χ2n) is 9.51. The third-order valence-electron chi connectivity index (χ3n) is 7.04. The topological polar surface area (TPSA) is 32.7 Å². The molecule has 1 aliphatic rings. The summed E-state index contributed by atoms with van der Waals surface area (Å²) in [5.74, 6) is 0.00935. The Morgan fingerprint density at radius 2 is 1.13 bits per heavy atom. The predicted octanol–water partition coefficient (Wildman–Crippen LogP) is 7.35. The minimum absolute atomic E-state index is 0.00935. The van der Waals surface area contributed by atoms with Crippen LogP contribution < -0.4 is 4.90 Å². The number of carbonyl (C=O) groups excluding carboxylic acids is 1. The van der Waals surface area contributed by atoms with Crippen LogP contribution in [0.3, 0.4) is 0 Å². The first-order valence-electron chi connectivity index (χ1n) is 13.0. The molecule has 3 heteroatoms. The number of hydrogen-bond donors (Lipinski definition) is 0. The Balaban J connectivity index is 1.48. The molecule has 5 aromatic rings. The molecule has 5 aromatic carbocycles. The largest absolute Gasteiger partial charge is 0.305 e. The van der Waals surface area contributed by atoms with Gasteiger partial charge in [0.15, 0.2) is 0 Å². The second kappa shape index (κ2) is 10.7. The highest BCUT2D eigenvalue weighted by molar-refractivity contribution is 6.20. The van der Waals surface area contributed by atoms with Crippen molar-refractivity contribution in [2.45, 2.75) is 19.0 Å².